The number of hydrogen-bond acceptors (Lipinski definition) is 5. The van der Waals surface area contributed by atoms with Gasteiger partial charge in [0.1, 0.15) is 0 Å². The number of nitrogens with one attached hydrogen (secondary N) is 1. The van der Waals surface area contributed by atoms with Crippen molar-refractivity contribution < 1.29 is 21.6 Å². The van der Waals surface area contributed by atoms with Gasteiger partial charge in [-0.1, -0.05) is 13.8 Å². The van der Waals surface area contributed by atoms with Gasteiger partial charge in [-0.25, -0.2) is 9.46 Å². The number of carbonyl (C=O) groups excluding carboxylic acids is 1. The lowest BCUT2D eigenvalue weighted by atomic mass is 10.7. The molecule has 0 aromatic heterocycles. The Labute approximate surface area is 97.2 Å². The van der Waals surface area contributed by atoms with E-state index >= 15 is 0 Å². The summed E-state index contributed by atoms with van der Waals surface area (Å²) in [6.45, 7) is 3.17. The molecule has 1 heterocycles. The second kappa shape index (κ2) is 5.06. The van der Waals surface area contributed by atoms with Gasteiger partial charge in [0.15, 0.2) is 0 Å². The molecule has 100 valence electrons. The molecular formula is C5H12F4N4OP3+. The first-order valence-electron chi connectivity index (χ1n) is 4.66. The lowest BCUT2D eigenvalue weighted by molar-refractivity contribution is 0.472. The number of halogens is 4. The minimum Gasteiger partial charge on any atom is -0.249 e. The van der Waals surface area contributed by atoms with E-state index < -0.39 is 23.4 Å². The number of rotatable bonds is 4. The van der Waals surface area contributed by atoms with Crippen molar-refractivity contribution in [3.63, 3.8) is 0 Å². The highest BCUT2D eigenvalue weighted by atomic mass is 31.3. The van der Waals surface area contributed by atoms with Crippen molar-refractivity contribution in [2.75, 3.05) is 13.1 Å². The first-order valence-corrected chi connectivity index (χ1v) is 9.43. The van der Waals surface area contributed by atoms with E-state index in [1.54, 1.807) is 0 Å². The predicted molar refractivity (Wildman–Crippen MR) is 62.9 cm³/mol. The first kappa shape index (κ1) is 15.3. The van der Waals surface area contributed by atoms with Crippen LogP contribution in [0.4, 0.5) is 16.8 Å². The van der Waals surface area contributed by atoms with Gasteiger partial charge in [0, 0.05) is 13.1 Å². The van der Waals surface area contributed by atoms with E-state index in [9.17, 15) is 21.6 Å². The molecule has 0 aliphatic carbocycles. The van der Waals surface area contributed by atoms with Crippen LogP contribution in [0.2, 0.25) is 0 Å². The Kier molecular flexibility index (Phi) is 4.54. The zero-order valence-electron chi connectivity index (χ0n) is 9.09. The van der Waals surface area contributed by atoms with Crippen LogP contribution in [0.15, 0.2) is 9.03 Å². The average molecular weight is 313 g/mol. The van der Waals surface area contributed by atoms with Crippen molar-refractivity contribution in [3.8, 4) is 0 Å². The molecule has 2 unspecified atom stereocenters. The van der Waals surface area contributed by atoms with Crippen LogP contribution in [-0.4, -0.2) is 23.8 Å². The van der Waals surface area contributed by atoms with Gasteiger partial charge < -0.3 is 0 Å². The molecule has 1 N–H and O–H groups in total. The van der Waals surface area contributed by atoms with E-state index in [4.69, 9.17) is 0 Å². The van der Waals surface area contributed by atoms with Gasteiger partial charge in [-0.2, -0.15) is 12.6 Å². The van der Waals surface area contributed by atoms with E-state index in [-0.39, 0.29) is 19.1 Å². The molecule has 0 amide bonds. The lowest BCUT2D eigenvalue weighted by Crippen LogP contribution is -2.19. The molecule has 5 nitrogen and oxygen atoms in total. The Bertz CT molecular complexity index is 421. The molecule has 0 bridgehead atoms. The Morgan fingerprint density at radius 3 is 2.29 bits per heavy atom. The SMILES string of the molecule is CCN(CC)P1(F)=N[P+](F)(C=O)NP(F)(F)=N1. The zero-order valence-corrected chi connectivity index (χ0v) is 11.8. The van der Waals surface area contributed by atoms with Gasteiger partial charge in [0.2, 0.25) is 0 Å². The number of hydrogen-bond donors (Lipinski definition) is 1. The molecule has 1 aliphatic heterocycles. The lowest BCUT2D eigenvalue weighted by Gasteiger charge is -2.26. The summed E-state index contributed by atoms with van der Waals surface area (Å²) in [4.78, 5) is 11.6. The molecular weight excluding hydrogens is 301 g/mol. The van der Waals surface area contributed by atoms with E-state index in [0.29, 0.717) is 0 Å². The van der Waals surface area contributed by atoms with Gasteiger partial charge in [0.05, 0.1) is 0 Å². The summed E-state index contributed by atoms with van der Waals surface area (Å²) in [6.07, 6.45) is 0. The monoisotopic (exact) mass is 313 g/mol. The molecule has 12 heteroatoms. The van der Waals surface area contributed by atoms with Crippen molar-refractivity contribution in [2.24, 2.45) is 9.03 Å². The third-order valence-electron chi connectivity index (χ3n) is 1.96. The average Bonchev–Trinajstić information content (AvgIpc) is 2.15. The molecule has 0 saturated carbocycles. The van der Waals surface area contributed by atoms with Crippen molar-refractivity contribution in [2.45, 2.75) is 13.8 Å². The van der Waals surface area contributed by atoms with Crippen molar-refractivity contribution in [1.82, 2.24) is 9.53 Å². The van der Waals surface area contributed by atoms with Gasteiger partial charge in [0.25, 0.3) is 0 Å². The quantitative estimate of drug-likeness (QED) is 0.467. The van der Waals surface area contributed by atoms with Crippen molar-refractivity contribution in [3.05, 3.63) is 0 Å². The Morgan fingerprint density at radius 2 is 1.88 bits per heavy atom. The minimum absolute atomic E-state index is 0.0621. The smallest absolute Gasteiger partial charge is 0.249 e. The molecule has 1 aliphatic rings. The summed E-state index contributed by atoms with van der Waals surface area (Å²) in [7, 11) is -14.4. The molecule has 1 rings (SSSR count). The summed E-state index contributed by atoms with van der Waals surface area (Å²) in [5.74, 6) is 0. The first-order chi connectivity index (χ1) is 7.70. The van der Waals surface area contributed by atoms with Crippen LogP contribution in [0.5, 0.6) is 0 Å². The van der Waals surface area contributed by atoms with E-state index in [0.717, 1.165) is 9.53 Å². The standard InChI is InChI=1S/C5H12F4N4OP3/c1-3-13(4-2)17(9)11-15(6,5-14)10-16(7,8)12-17/h5,10H,3-4H2,1-2H3/q+1. The summed E-state index contributed by atoms with van der Waals surface area (Å²) >= 11 is 0. The van der Waals surface area contributed by atoms with Crippen molar-refractivity contribution >= 4 is 29.4 Å². The Hall–Kier alpha value is 0.200. The maximum Gasteiger partial charge on any atom is 0.469 e. The molecule has 0 aromatic carbocycles. The second-order valence-electron chi connectivity index (χ2n) is 3.10. The van der Waals surface area contributed by atoms with E-state index in [1.807, 2.05) is 0 Å². The summed E-state index contributed by atoms with van der Waals surface area (Å²) in [5, 5.41) is 0. The Morgan fingerprint density at radius 1 is 1.35 bits per heavy atom. The molecule has 0 spiro atoms. The highest BCUT2D eigenvalue weighted by Crippen LogP contribution is 2.81. The van der Waals surface area contributed by atoms with Crippen LogP contribution in [-0.2, 0) is 4.79 Å². The molecule has 0 fully saturated rings. The van der Waals surface area contributed by atoms with E-state index in [1.165, 1.54) is 13.8 Å². The van der Waals surface area contributed by atoms with Gasteiger partial charge in [-0.15, -0.1) is 4.52 Å². The van der Waals surface area contributed by atoms with Crippen LogP contribution in [0.1, 0.15) is 13.8 Å². The maximum absolute atomic E-state index is 14.3. The number of carbonyl (C=O) groups is 1. The highest BCUT2D eigenvalue weighted by Gasteiger charge is 2.56. The molecule has 17 heavy (non-hydrogen) atoms. The minimum atomic E-state index is -5.32. The fourth-order valence-electron chi connectivity index (χ4n) is 1.28. The predicted octanol–water partition coefficient (Wildman–Crippen LogP) is 4.65. The van der Waals surface area contributed by atoms with Crippen LogP contribution >= 0.6 is 23.4 Å². The molecule has 2 atom stereocenters. The summed E-state index contributed by atoms with van der Waals surface area (Å²) < 4.78 is 60.9. The normalized spacial score (nSPS) is 36.2. The van der Waals surface area contributed by atoms with Gasteiger partial charge >= 0.3 is 29.4 Å². The van der Waals surface area contributed by atoms with Crippen molar-refractivity contribution in [1.29, 1.82) is 0 Å². The third kappa shape index (κ3) is 3.36. The van der Waals surface area contributed by atoms with Gasteiger partial charge in [-0.3, -0.25) is 0 Å². The number of nitrogens with zero attached hydrogens (tertiary/aromatic N) is 3. The summed E-state index contributed by atoms with van der Waals surface area (Å²) in [5.41, 5.74) is 0. The highest BCUT2D eigenvalue weighted by molar-refractivity contribution is 7.93. The van der Waals surface area contributed by atoms with E-state index in [2.05, 4.69) is 9.03 Å². The fourth-order valence-corrected chi connectivity index (χ4v) is 8.58. The second-order valence-corrected chi connectivity index (χ2v) is 9.28. The van der Waals surface area contributed by atoms with Crippen LogP contribution < -0.4 is 4.86 Å². The Balaban J connectivity index is 3.37. The van der Waals surface area contributed by atoms with Crippen LogP contribution in [0.3, 0.4) is 0 Å². The molecule has 0 radical (unpaired) electrons. The van der Waals surface area contributed by atoms with Crippen LogP contribution in [0.25, 0.3) is 0 Å². The topological polar surface area (TPSA) is 57.1 Å². The zero-order chi connectivity index (χ0) is 13.3. The largest absolute Gasteiger partial charge is 0.469 e. The third-order valence-corrected chi connectivity index (χ3v) is 9.37. The summed E-state index contributed by atoms with van der Waals surface area (Å²) in [6, 6.07) is -0.368. The fraction of sp³-hybridized carbons (Fsp3) is 0.800. The maximum atomic E-state index is 14.3. The molecule has 0 aromatic rings. The van der Waals surface area contributed by atoms with Gasteiger partial charge in [-0.05, 0) is 13.6 Å². The van der Waals surface area contributed by atoms with Crippen LogP contribution in [0, 0.1) is 0 Å². The molecule has 0 saturated heterocycles.